The van der Waals surface area contributed by atoms with E-state index in [4.69, 9.17) is 0 Å². The highest BCUT2D eigenvalue weighted by Crippen LogP contribution is 2.63. The second-order valence-corrected chi connectivity index (χ2v) is 11.1. The van der Waals surface area contributed by atoms with Gasteiger partial charge in [-0.2, -0.15) is 0 Å². The molecule has 0 spiro atoms. The molecule has 0 saturated heterocycles. The third kappa shape index (κ3) is 2.86. The Labute approximate surface area is 163 Å². The van der Waals surface area contributed by atoms with E-state index >= 15 is 0 Å². The molecule has 4 rings (SSSR count). The van der Waals surface area contributed by atoms with Crippen LogP contribution in [0.15, 0.2) is 12.2 Å². The third-order valence-electron chi connectivity index (χ3n) is 8.67. The lowest BCUT2D eigenvalue weighted by molar-refractivity contribution is -0.131. The van der Waals surface area contributed by atoms with Crippen LogP contribution in [0.2, 0.25) is 0 Å². The number of rotatable bonds is 1. The molecule has 0 aromatic rings. The van der Waals surface area contributed by atoms with Gasteiger partial charge in [-0.1, -0.05) is 40.7 Å². The Morgan fingerprint density at radius 3 is 2.56 bits per heavy atom. The number of carbonyl (C=O) groups is 2. The van der Waals surface area contributed by atoms with Crippen molar-refractivity contribution in [1.82, 2.24) is 10.6 Å². The first-order chi connectivity index (χ1) is 12.6. The molecule has 2 unspecified atom stereocenters. The van der Waals surface area contributed by atoms with Crippen molar-refractivity contribution >= 4 is 11.8 Å². The van der Waals surface area contributed by atoms with Gasteiger partial charge in [0.2, 0.25) is 11.8 Å². The summed E-state index contributed by atoms with van der Waals surface area (Å²) < 4.78 is 0. The monoisotopic (exact) mass is 372 g/mol. The second-order valence-electron chi connectivity index (χ2n) is 11.1. The van der Waals surface area contributed by atoms with Gasteiger partial charge in [-0.05, 0) is 67.8 Å². The predicted molar refractivity (Wildman–Crippen MR) is 107 cm³/mol. The van der Waals surface area contributed by atoms with Crippen LogP contribution in [0, 0.1) is 34.0 Å². The molecule has 0 bridgehead atoms. The van der Waals surface area contributed by atoms with Gasteiger partial charge in [0.25, 0.3) is 0 Å². The van der Waals surface area contributed by atoms with E-state index in [0.29, 0.717) is 29.8 Å². The first-order valence-corrected chi connectivity index (χ1v) is 10.9. The quantitative estimate of drug-likeness (QED) is 0.735. The molecule has 4 nitrogen and oxygen atoms in total. The van der Waals surface area contributed by atoms with Crippen LogP contribution in [0.1, 0.15) is 73.1 Å². The summed E-state index contributed by atoms with van der Waals surface area (Å²) >= 11 is 0. The van der Waals surface area contributed by atoms with Crippen LogP contribution in [-0.4, -0.2) is 23.9 Å². The predicted octanol–water partition coefficient (Wildman–Crippen LogP) is 3.81. The van der Waals surface area contributed by atoms with Crippen LogP contribution < -0.4 is 10.6 Å². The molecule has 150 valence electrons. The highest BCUT2D eigenvalue weighted by molar-refractivity contribution is 5.89. The lowest BCUT2D eigenvalue weighted by Crippen LogP contribution is -2.60. The standard InChI is InChI=1S/C23H36N2O2/c1-21(2,3)20(27)25-18-9-7-15-14-6-8-17-23(5,13-11-19(26)24-17)16(14)10-12-22(15,18)4/h11,13-18H,6-10,12H2,1-5H3,(H,24,26)(H,25,27)/t14-,15-,16+,17?,18?,22-,23+/m0/s1. The second kappa shape index (κ2) is 6.09. The van der Waals surface area contributed by atoms with Crippen molar-refractivity contribution in [2.24, 2.45) is 34.0 Å². The average Bonchev–Trinajstić information content (AvgIpc) is 2.91. The van der Waals surface area contributed by atoms with Crippen LogP contribution >= 0.6 is 0 Å². The van der Waals surface area contributed by atoms with Gasteiger partial charge in [0.05, 0.1) is 0 Å². The van der Waals surface area contributed by atoms with E-state index < -0.39 is 0 Å². The van der Waals surface area contributed by atoms with Gasteiger partial charge in [-0.25, -0.2) is 0 Å². The zero-order valence-electron chi connectivity index (χ0n) is 17.6. The van der Waals surface area contributed by atoms with Crippen LogP contribution in [0.25, 0.3) is 0 Å². The van der Waals surface area contributed by atoms with Crippen molar-refractivity contribution in [3.05, 3.63) is 12.2 Å². The number of nitrogens with one attached hydrogen (secondary N) is 2. The SMILES string of the molecule is CC(C)(C)C(=O)NC1CC[C@H]2[C@@H]3CCC4NC(=O)C=C[C@]4(C)[C@@H]3CC[C@]12C. The molecule has 0 aromatic carbocycles. The van der Waals surface area contributed by atoms with E-state index in [-0.39, 0.29) is 28.1 Å². The van der Waals surface area contributed by atoms with Crippen LogP contribution in [0.4, 0.5) is 0 Å². The van der Waals surface area contributed by atoms with E-state index in [1.165, 1.54) is 25.7 Å². The number of hydrogen-bond acceptors (Lipinski definition) is 2. The van der Waals surface area contributed by atoms with Crippen molar-refractivity contribution in [2.75, 3.05) is 0 Å². The van der Waals surface area contributed by atoms with Gasteiger partial charge in [0, 0.05) is 22.9 Å². The maximum absolute atomic E-state index is 12.6. The molecule has 3 fully saturated rings. The number of amides is 2. The molecule has 27 heavy (non-hydrogen) atoms. The van der Waals surface area contributed by atoms with E-state index in [9.17, 15) is 9.59 Å². The summed E-state index contributed by atoms with van der Waals surface area (Å²) in [5, 5.41) is 6.65. The topological polar surface area (TPSA) is 58.2 Å². The normalized spacial score (nSPS) is 46.1. The molecule has 3 saturated carbocycles. The molecular weight excluding hydrogens is 336 g/mol. The zero-order valence-corrected chi connectivity index (χ0v) is 17.6. The van der Waals surface area contributed by atoms with E-state index in [0.717, 1.165) is 12.8 Å². The van der Waals surface area contributed by atoms with Crippen molar-refractivity contribution in [3.63, 3.8) is 0 Å². The highest BCUT2D eigenvalue weighted by atomic mass is 16.2. The van der Waals surface area contributed by atoms with Gasteiger partial charge >= 0.3 is 0 Å². The summed E-state index contributed by atoms with van der Waals surface area (Å²) in [6.45, 7) is 10.8. The molecule has 2 N–H and O–H groups in total. The van der Waals surface area contributed by atoms with Crippen LogP contribution in [-0.2, 0) is 9.59 Å². The van der Waals surface area contributed by atoms with Gasteiger partial charge < -0.3 is 10.6 Å². The summed E-state index contributed by atoms with van der Waals surface area (Å²) in [7, 11) is 0. The molecule has 0 radical (unpaired) electrons. The van der Waals surface area contributed by atoms with E-state index in [1.807, 2.05) is 20.8 Å². The Morgan fingerprint density at radius 2 is 1.85 bits per heavy atom. The van der Waals surface area contributed by atoms with Crippen molar-refractivity contribution in [3.8, 4) is 0 Å². The Bertz CT molecular complexity index is 678. The first-order valence-electron chi connectivity index (χ1n) is 10.9. The summed E-state index contributed by atoms with van der Waals surface area (Å²) in [4.78, 5) is 24.5. The maximum atomic E-state index is 12.6. The largest absolute Gasteiger partial charge is 0.352 e. The summed E-state index contributed by atoms with van der Waals surface area (Å²) in [6, 6.07) is 0.598. The molecule has 0 aromatic heterocycles. The molecule has 3 aliphatic carbocycles. The van der Waals surface area contributed by atoms with Crippen LogP contribution in [0.5, 0.6) is 0 Å². The molecule has 1 heterocycles. The average molecular weight is 373 g/mol. The zero-order chi connectivity index (χ0) is 19.6. The van der Waals surface area contributed by atoms with Gasteiger partial charge in [-0.15, -0.1) is 0 Å². The minimum atomic E-state index is -0.331. The minimum Gasteiger partial charge on any atom is -0.352 e. The molecule has 4 aliphatic rings. The Kier molecular flexibility index (Phi) is 4.29. The third-order valence-corrected chi connectivity index (χ3v) is 8.67. The van der Waals surface area contributed by atoms with Gasteiger partial charge in [0.1, 0.15) is 0 Å². The smallest absolute Gasteiger partial charge is 0.243 e. The molecular formula is C23H36N2O2. The molecule has 2 amide bonds. The summed E-state index contributed by atoms with van der Waals surface area (Å²) in [5.74, 6) is 2.29. The summed E-state index contributed by atoms with van der Waals surface area (Å²) in [5.41, 5.74) is -0.0277. The lowest BCUT2D eigenvalue weighted by Gasteiger charge is -2.58. The Morgan fingerprint density at radius 1 is 1.11 bits per heavy atom. The fourth-order valence-electron chi connectivity index (χ4n) is 6.95. The molecule has 4 heteroatoms. The lowest BCUT2D eigenvalue weighted by atomic mass is 9.48. The van der Waals surface area contributed by atoms with E-state index in [1.54, 1.807) is 6.08 Å². The maximum Gasteiger partial charge on any atom is 0.243 e. The number of fused-ring (bicyclic) bond motifs is 5. The molecule has 7 atom stereocenters. The number of hydrogen-bond donors (Lipinski definition) is 2. The van der Waals surface area contributed by atoms with Crippen molar-refractivity contribution in [1.29, 1.82) is 0 Å². The fraction of sp³-hybridized carbons (Fsp3) is 0.826. The van der Waals surface area contributed by atoms with E-state index in [2.05, 4.69) is 30.6 Å². The highest BCUT2D eigenvalue weighted by Gasteiger charge is 2.60. The first kappa shape index (κ1) is 19.0. The molecule has 1 aliphatic heterocycles. The van der Waals surface area contributed by atoms with Gasteiger partial charge in [0.15, 0.2) is 0 Å². The fourth-order valence-corrected chi connectivity index (χ4v) is 6.95. The number of carbonyl (C=O) groups excluding carboxylic acids is 2. The summed E-state index contributed by atoms with van der Waals surface area (Å²) in [6.07, 6.45) is 11.0. The van der Waals surface area contributed by atoms with Gasteiger partial charge in [-0.3, -0.25) is 9.59 Å². The minimum absolute atomic E-state index is 0.0717. The van der Waals surface area contributed by atoms with Crippen molar-refractivity contribution < 1.29 is 9.59 Å². The Hall–Kier alpha value is -1.32. The van der Waals surface area contributed by atoms with Crippen molar-refractivity contribution in [2.45, 2.75) is 85.2 Å². The van der Waals surface area contributed by atoms with Crippen LogP contribution in [0.3, 0.4) is 0 Å². The Balaban J connectivity index is 1.56.